The van der Waals surface area contributed by atoms with Gasteiger partial charge in [0.2, 0.25) is 11.8 Å². The molecule has 1 saturated carbocycles. The van der Waals surface area contributed by atoms with E-state index in [-0.39, 0.29) is 23.3 Å². The van der Waals surface area contributed by atoms with Crippen molar-refractivity contribution in [2.75, 3.05) is 32.8 Å². The van der Waals surface area contributed by atoms with Gasteiger partial charge >= 0.3 is 0 Å². The molecule has 2 aliphatic heterocycles. The first-order valence-electron chi connectivity index (χ1n) is 10.8. The van der Waals surface area contributed by atoms with Gasteiger partial charge in [-0.05, 0) is 37.7 Å². The average Bonchev–Trinajstić information content (AvgIpc) is 3.23. The summed E-state index contributed by atoms with van der Waals surface area (Å²) in [6, 6.07) is 10.3. The SMILES string of the molecule is O=C1CCC2(CCCN(C(=O)C3(c4ccccc4)CCCC3)C2)CN1CCO. The summed E-state index contributed by atoms with van der Waals surface area (Å²) in [4.78, 5) is 29.9. The summed E-state index contributed by atoms with van der Waals surface area (Å²) in [6.45, 7) is 2.65. The number of hydrogen-bond acceptors (Lipinski definition) is 3. The molecule has 28 heavy (non-hydrogen) atoms. The van der Waals surface area contributed by atoms with Crippen molar-refractivity contribution in [3.8, 4) is 0 Å². The summed E-state index contributed by atoms with van der Waals surface area (Å²) in [7, 11) is 0. The fourth-order valence-electron chi connectivity index (χ4n) is 5.81. The van der Waals surface area contributed by atoms with Gasteiger partial charge in [0, 0.05) is 38.0 Å². The van der Waals surface area contributed by atoms with E-state index in [0.29, 0.717) is 25.4 Å². The van der Waals surface area contributed by atoms with Crippen LogP contribution in [0.25, 0.3) is 0 Å². The summed E-state index contributed by atoms with van der Waals surface area (Å²) < 4.78 is 0. The number of nitrogens with zero attached hydrogens (tertiary/aromatic N) is 2. The Labute approximate surface area is 167 Å². The maximum Gasteiger partial charge on any atom is 0.233 e. The van der Waals surface area contributed by atoms with Gasteiger partial charge in [0.15, 0.2) is 0 Å². The lowest BCUT2D eigenvalue weighted by atomic mass is 9.71. The molecule has 5 heteroatoms. The quantitative estimate of drug-likeness (QED) is 0.868. The first-order valence-corrected chi connectivity index (χ1v) is 10.8. The number of β-amino-alcohol motifs (C(OH)–C–C–N with tert-alkyl or cyclic N) is 1. The van der Waals surface area contributed by atoms with Crippen molar-refractivity contribution in [1.29, 1.82) is 0 Å². The summed E-state index contributed by atoms with van der Waals surface area (Å²) in [5, 5.41) is 9.31. The highest BCUT2D eigenvalue weighted by atomic mass is 16.3. The van der Waals surface area contributed by atoms with Crippen molar-refractivity contribution >= 4 is 11.8 Å². The molecule has 1 spiro atoms. The lowest BCUT2D eigenvalue weighted by Crippen LogP contribution is -2.57. The van der Waals surface area contributed by atoms with Gasteiger partial charge in [0.25, 0.3) is 0 Å². The molecule has 0 bridgehead atoms. The van der Waals surface area contributed by atoms with Gasteiger partial charge in [-0.25, -0.2) is 0 Å². The number of hydrogen-bond donors (Lipinski definition) is 1. The maximum absolute atomic E-state index is 13.8. The van der Waals surface area contributed by atoms with Crippen LogP contribution in [-0.2, 0) is 15.0 Å². The zero-order valence-corrected chi connectivity index (χ0v) is 16.7. The Bertz CT molecular complexity index is 714. The van der Waals surface area contributed by atoms with E-state index in [2.05, 4.69) is 17.0 Å². The minimum absolute atomic E-state index is 0.00157. The lowest BCUT2D eigenvalue weighted by Gasteiger charge is -2.49. The van der Waals surface area contributed by atoms with E-state index >= 15 is 0 Å². The highest BCUT2D eigenvalue weighted by Crippen LogP contribution is 2.45. The Hall–Kier alpha value is -1.88. The molecule has 0 aromatic heterocycles. The van der Waals surface area contributed by atoms with Crippen LogP contribution >= 0.6 is 0 Å². The number of piperidine rings is 2. The molecule has 2 heterocycles. The van der Waals surface area contributed by atoms with Crippen LogP contribution in [0.4, 0.5) is 0 Å². The highest BCUT2D eigenvalue weighted by molar-refractivity contribution is 5.89. The highest BCUT2D eigenvalue weighted by Gasteiger charge is 2.48. The predicted molar refractivity (Wildman–Crippen MR) is 108 cm³/mol. The van der Waals surface area contributed by atoms with Crippen molar-refractivity contribution < 1.29 is 14.7 Å². The Morgan fingerprint density at radius 3 is 2.46 bits per heavy atom. The molecule has 3 fully saturated rings. The molecule has 5 nitrogen and oxygen atoms in total. The average molecular weight is 385 g/mol. The van der Waals surface area contributed by atoms with Gasteiger partial charge in [-0.15, -0.1) is 0 Å². The van der Waals surface area contributed by atoms with Crippen LogP contribution in [-0.4, -0.2) is 59.5 Å². The zero-order chi connectivity index (χ0) is 19.6. The van der Waals surface area contributed by atoms with Gasteiger partial charge in [-0.3, -0.25) is 9.59 Å². The third-order valence-electron chi connectivity index (χ3n) is 7.26. The van der Waals surface area contributed by atoms with Gasteiger partial charge in [0.05, 0.1) is 12.0 Å². The Kier molecular flexibility index (Phi) is 5.46. The molecule has 1 aliphatic carbocycles. The van der Waals surface area contributed by atoms with Crippen molar-refractivity contribution in [1.82, 2.24) is 9.80 Å². The second-order valence-corrected chi connectivity index (χ2v) is 9.02. The predicted octanol–water partition coefficient (Wildman–Crippen LogP) is 2.72. The number of amides is 2. The topological polar surface area (TPSA) is 60.9 Å². The van der Waals surface area contributed by atoms with Crippen LogP contribution in [0.3, 0.4) is 0 Å². The first-order chi connectivity index (χ1) is 13.6. The second kappa shape index (κ2) is 7.86. The van der Waals surface area contributed by atoms with E-state index in [4.69, 9.17) is 0 Å². The summed E-state index contributed by atoms with van der Waals surface area (Å²) in [5.74, 6) is 0.431. The monoisotopic (exact) mass is 384 g/mol. The van der Waals surface area contributed by atoms with E-state index in [1.54, 1.807) is 4.90 Å². The Balaban J connectivity index is 1.55. The van der Waals surface area contributed by atoms with Crippen LogP contribution in [0.5, 0.6) is 0 Å². The third-order valence-corrected chi connectivity index (χ3v) is 7.26. The molecule has 1 aromatic carbocycles. The molecule has 1 atom stereocenters. The first kappa shape index (κ1) is 19.4. The van der Waals surface area contributed by atoms with Gasteiger partial charge < -0.3 is 14.9 Å². The van der Waals surface area contributed by atoms with Gasteiger partial charge in [-0.2, -0.15) is 0 Å². The number of aliphatic hydroxyl groups is 1. The van der Waals surface area contributed by atoms with E-state index in [1.165, 1.54) is 0 Å². The molecule has 152 valence electrons. The fraction of sp³-hybridized carbons (Fsp3) is 0.652. The third kappa shape index (κ3) is 3.45. The van der Waals surface area contributed by atoms with E-state index in [9.17, 15) is 14.7 Å². The van der Waals surface area contributed by atoms with Crippen molar-refractivity contribution in [3.63, 3.8) is 0 Å². The number of carbonyl (C=O) groups is 2. The van der Waals surface area contributed by atoms with Crippen LogP contribution in [0.2, 0.25) is 0 Å². The van der Waals surface area contributed by atoms with Crippen molar-refractivity contribution in [2.24, 2.45) is 5.41 Å². The standard InChI is InChI=1S/C23H32N2O3/c26-16-15-24-17-22(13-9-20(24)27)10-6-14-25(18-22)21(28)23(11-4-5-12-23)19-7-2-1-3-8-19/h1-3,7-8,26H,4-6,9-18H2. The number of likely N-dealkylation sites (tertiary alicyclic amines) is 2. The van der Waals surface area contributed by atoms with Crippen LogP contribution in [0.15, 0.2) is 30.3 Å². The largest absolute Gasteiger partial charge is 0.395 e. The fourth-order valence-corrected chi connectivity index (χ4v) is 5.81. The van der Waals surface area contributed by atoms with Crippen molar-refractivity contribution in [3.05, 3.63) is 35.9 Å². The summed E-state index contributed by atoms with van der Waals surface area (Å²) in [5.41, 5.74) is 0.792. The molecule has 3 aliphatic rings. The molecule has 1 N–H and O–H groups in total. The molecular formula is C23H32N2O3. The number of carbonyl (C=O) groups excluding carboxylic acids is 2. The van der Waals surface area contributed by atoms with Gasteiger partial charge in [-0.1, -0.05) is 43.2 Å². The van der Waals surface area contributed by atoms with Gasteiger partial charge in [0.1, 0.15) is 0 Å². The Morgan fingerprint density at radius 2 is 1.75 bits per heavy atom. The number of benzene rings is 1. The van der Waals surface area contributed by atoms with Crippen molar-refractivity contribution in [2.45, 2.75) is 56.8 Å². The number of rotatable bonds is 4. The maximum atomic E-state index is 13.8. The Morgan fingerprint density at radius 1 is 1.00 bits per heavy atom. The van der Waals surface area contributed by atoms with Crippen LogP contribution in [0, 0.1) is 5.41 Å². The van der Waals surface area contributed by atoms with Crippen LogP contribution in [0.1, 0.15) is 56.9 Å². The molecule has 1 unspecified atom stereocenters. The number of aliphatic hydroxyl groups excluding tert-OH is 1. The zero-order valence-electron chi connectivity index (χ0n) is 16.7. The van der Waals surface area contributed by atoms with E-state index in [1.807, 2.05) is 18.2 Å². The molecule has 2 saturated heterocycles. The summed E-state index contributed by atoms with van der Waals surface area (Å²) in [6.07, 6.45) is 7.55. The minimum Gasteiger partial charge on any atom is -0.395 e. The summed E-state index contributed by atoms with van der Waals surface area (Å²) >= 11 is 0. The molecule has 1 aromatic rings. The molecule has 4 rings (SSSR count). The molecular weight excluding hydrogens is 352 g/mol. The molecule has 2 amide bonds. The van der Waals surface area contributed by atoms with E-state index < -0.39 is 0 Å². The normalized spacial score (nSPS) is 27.4. The second-order valence-electron chi connectivity index (χ2n) is 9.02. The molecule has 0 radical (unpaired) electrons. The smallest absolute Gasteiger partial charge is 0.233 e. The van der Waals surface area contributed by atoms with Crippen LogP contribution < -0.4 is 0 Å². The van der Waals surface area contributed by atoms with E-state index in [0.717, 1.165) is 63.6 Å². The minimum atomic E-state index is -0.366. The lowest BCUT2D eigenvalue weighted by molar-refractivity contribution is -0.146.